The maximum atomic E-state index is 13.3. The molecule has 6 heteroatoms. The number of ether oxygens (including phenoxy) is 1. The van der Waals surface area contributed by atoms with E-state index in [0.717, 1.165) is 31.0 Å². The van der Waals surface area contributed by atoms with Crippen LogP contribution in [-0.2, 0) is 9.57 Å². The van der Waals surface area contributed by atoms with E-state index in [9.17, 15) is 13.6 Å². The molecular weight excluding hydrogens is 244 g/mol. The molecule has 1 N–H and O–H groups in total. The number of halogens is 2. The minimum absolute atomic E-state index is 0.397. The van der Waals surface area contributed by atoms with Crippen LogP contribution in [0.2, 0.25) is 0 Å². The lowest BCUT2D eigenvalue weighted by atomic mass is 10.2. The fraction of sp³-hybridized carbons (Fsp3) is 0.417. The second-order valence-electron chi connectivity index (χ2n) is 3.97. The fourth-order valence-corrected chi connectivity index (χ4v) is 1.65. The molecule has 4 nitrogen and oxygen atoms in total. The second-order valence-corrected chi connectivity index (χ2v) is 3.97. The van der Waals surface area contributed by atoms with Crippen molar-refractivity contribution in [2.24, 2.45) is 0 Å². The fourth-order valence-electron chi connectivity index (χ4n) is 1.65. The predicted molar refractivity (Wildman–Crippen MR) is 58.5 cm³/mol. The Labute approximate surface area is 103 Å². The third kappa shape index (κ3) is 3.24. The molecule has 0 aromatic heterocycles. The Morgan fingerprint density at radius 1 is 1.39 bits per heavy atom. The average molecular weight is 257 g/mol. The van der Waals surface area contributed by atoms with Gasteiger partial charge >= 0.3 is 0 Å². The van der Waals surface area contributed by atoms with E-state index in [2.05, 4.69) is 5.48 Å². The topological polar surface area (TPSA) is 47.6 Å². The molecule has 0 spiro atoms. The number of carbonyl (C=O) groups excluding carboxylic acids is 1. The summed E-state index contributed by atoms with van der Waals surface area (Å²) in [7, 11) is 0. The van der Waals surface area contributed by atoms with Gasteiger partial charge in [-0.3, -0.25) is 4.79 Å². The van der Waals surface area contributed by atoms with Crippen LogP contribution in [-0.4, -0.2) is 18.8 Å². The van der Waals surface area contributed by atoms with E-state index in [1.165, 1.54) is 0 Å². The summed E-state index contributed by atoms with van der Waals surface area (Å²) in [6.07, 6.45) is 2.02. The molecule has 1 amide bonds. The van der Waals surface area contributed by atoms with E-state index in [1.54, 1.807) is 0 Å². The lowest BCUT2D eigenvalue weighted by molar-refractivity contribution is -0.186. The lowest BCUT2D eigenvalue weighted by Gasteiger charge is -2.22. The third-order valence-electron chi connectivity index (χ3n) is 2.59. The van der Waals surface area contributed by atoms with Crippen LogP contribution < -0.4 is 5.48 Å². The maximum absolute atomic E-state index is 13.3. The molecule has 0 aliphatic carbocycles. The molecule has 0 saturated carbocycles. The van der Waals surface area contributed by atoms with Crippen molar-refractivity contribution in [2.45, 2.75) is 25.6 Å². The molecule has 1 heterocycles. The summed E-state index contributed by atoms with van der Waals surface area (Å²) in [6, 6.07) is 2.65. The van der Waals surface area contributed by atoms with Crippen molar-refractivity contribution in [3.05, 3.63) is 35.4 Å². The Morgan fingerprint density at radius 3 is 2.94 bits per heavy atom. The number of hydrogen-bond acceptors (Lipinski definition) is 3. The highest BCUT2D eigenvalue weighted by Gasteiger charge is 2.18. The minimum Gasteiger partial charge on any atom is -0.350 e. The van der Waals surface area contributed by atoms with Gasteiger partial charge in [-0.05, 0) is 31.0 Å². The quantitative estimate of drug-likeness (QED) is 0.844. The van der Waals surface area contributed by atoms with E-state index in [-0.39, 0.29) is 0 Å². The molecule has 1 aliphatic rings. The van der Waals surface area contributed by atoms with Crippen LogP contribution in [0, 0.1) is 11.6 Å². The van der Waals surface area contributed by atoms with E-state index in [1.807, 2.05) is 0 Å². The third-order valence-corrected chi connectivity index (χ3v) is 2.59. The van der Waals surface area contributed by atoms with Gasteiger partial charge in [-0.2, -0.15) is 0 Å². The number of amides is 1. The van der Waals surface area contributed by atoms with E-state index >= 15 is 0 Å². The zero-order valence-electron chi connectivity index (χ0n) is 9.62. The number of hydroxylamine groups is 1. The molecular formula is C12H13F2NO3. The predicted octanol–water partition coefficient (Wildman–Crippen LogP) is 2.15. The van der Waals surface area contributed by atoms with E-state index in [0.29, 0.717) is 13.0 Å². The zero-order valence-corrected chi connectivity index (χ0v) is 9.62. The maximum Gasteiger partial charge on any atom is 0.278 e. The van der Waals surface area contributed by atoms with Gasteiger partial charge in [0.25, 0.3) is 5.91 Å². The van der Waals surface area contributed by atoms with Crippen LogP contribution >= 0.6 is 0 Å². The lowest BCUT2D eigenvalue weighted by Crippen LogP contribution is -2.33. The highest BCUT2D eigenvalue weighted by molar-refractivity contribution is 5.93. The van der Waals surface area contributed by atoms with Gasteiger partial charge < -0.3 is 4.74 Å². The standard InChI is InChI=1S/C12H13F2NO3/c13-8-4-5-10(14)9(7-8)12(16)15-18-11-3-1-2-6-17-11/h4-5,7,11H,1-3,6H2,(H,15,16). The Morgan fingerprint density at radius 2 is 2.22 bits per heavy atom. The largest absolute Gasteiger partial charge is 0.350 e. The molecule has 1 saturated heterocycles. The normalized spacial score (nSPS) is 19.6. The van der Waals surface area contributed by atoms with E-state index < -0.39 is 29.4 Å². The molecule has 0 radical (unpaired) electrons. The monoisotopic (exact) mass is 257 g/mol. The first kappa shape index (κ1) is 12.9. The van der Waals surface area contributed by atoms with Gasteiger partial charge in [0, 0.05) is 13.0 Å². The molecule has 2 rings (SSSR count). The van der Waals surface area contributed by atoms with Crippen molar-refractivity contribution in [1.82, 2.24) is 5.48 Å². The van der Waals surface area contributed by atoms with Crippen LogP contribution in [0.4, 0.5) is 8.78 Å². The highest BCUT2D eigenvalue weighted by atomic mass is 19.1. The molecule has 0 bridgehead atoms. The van der Waals surface area contributed by atoms with E-state index in [4.69, 9.17) is 9.57 Å². The smallest absolute Gasteiger partial charge is 0.278 e. The minimum atomic E-state index is -0.832. The molecule has 98 valence electrons. The Balaban J connectivity index is 1.92. The first-order valence-electron chi connectivity index (χ1n) is 5.69. The zero-order chi connectivity index (χ0) is 13.0. The number of nitrogens with one attached hydrogen (secondary N) is 1. The van der Waals surface area contributed by atoms with Crippen molar-refractivity contribution in [1.29, 1.82) is 0 Å². The van der Waals surface area contributed by atoms with Crippen LogP contribution in [0.25, 0.3) is 0 Å². The number of rotatable bonds is 3. The van der Waals surface area contributed by atoms with Crippen molar-refractivity contribution in [3.63, 3.8) is 0 Å². The number of hydrogen-bond donors (Lipinski definition) is 1. The Kier molecular flexibility index (Phi) is 4.22. The summed E-state index contributed by atoms with van der Waals surface area (Å²) < 4.78 is 31.4. The Hall–Kier alpha value is -1.53. The summed E-state index contributed by atoms with van der Waals surface area (Å²) >= 11 is 0. The number of carbonyl (C=O) groups is 1. The van der Waals surface area contributed by atoms with Crippen LogP contribution in [0.15, 0.2) is 18.2 Å². The first-order valence-corrected chi connectivity index (χ1v) is 5.69. The van der Waals surface area contributed by atoms with Gasteiger partial charge in [-0.1, -0.05) is 0 Å². The molecule has 1 atom stereocenters. The van der Waals surface area contributed by atoms with Gasteiger partial charge in [-0.25, -0.2) is 19.1 Å². The van der Waals surface area contributed by atoms with Gasteiger partial charge in [0.1, 0.15) is 11.6 Å². The van der Waals surface area contributed by atoms with Crippen molar-refractivity contribution in [3.8, 4) is 0 Å². The van der Waals surface area contributed by atoms with Crippen LogP contribution in [0.5, 0.6) is 0 Å². The van der Waals surface area contributed by atoms with Gasteiger partial charge in [-0.15, -0.1) is 0 Å². The van der Waals surface area contributed by atoms with Gasteiger partial charge in [0.05, 0.1) is 5.56 Å². The van der Waals surface area contributed by atoms with Crippen molar-refractivity contribution in [2.75, 3.05) is 6.61 Å². The molecule has 1 aromatic rings. The highest BCUT2D eigenvalue weighted by Crippen LogP contribution is 2.13. The molecule has 18 heavy (non-hydrogen) atoms. The summed E-state index contributed by atoms with van der Waals surface area (Å²) in [5.74, 6) is -2.32. The average Bonchev–Trinajstić information content (AvgIpc) is 2.40. The van der Waals surface area contributed by atoms with Crippen molar-refractivity contribution < 1.29 is 23.1 Å². The number of benzene rings is 1. The summed E-state index contributed by atoms with van der Waals surface area (Å²) in [6.45, 7) is 0.564. The molecule has 1 aromatic carbocycles. The van der Waals surface area contributed by atoms with Crippen LogP contribution in [0.3, 0.4) is 0 Å². The first-order chi connectivity index (χ1) is 8.66. The summed E-state index contributed by atoms with van der Waals surface area (Å²) in [5.41, 5.74) is 1.67. The molecule has 1 fully saturated rings. The second kappa shape index (κ2) is 5.88. The molecule has 1 aliphatic heterocycles. The van der Waals surface area contributed by atoms with Gasteiger partial charge in [0.2, 0.25) is 0 Å². The SMILES string of the molecule is O=C(NOC1CCCCO1)c1cc(F)ccc1F. The summed E-state index contributed by atoms with van der Waals surface area (Å²) in [5, 5.41) is 0. The Bertz CT molecular complexity index is 433. The molecule has 1 unspecified atom stereocenters. The van der Waals surface area contributed by atoms with Crippen LogP contribution in [0.1, 0.15) is 29.6 Å². The van der Waals surface area contributed by atoms with Crippen molar-refractivity contribution >= 4 is 5.91 Å². The summed E-state index contributed by atoms with van der Waals surface area (Å²) in [4.78, 5) is 16.5. The van der Waals surface area contributed by atoms with Gasteiger partial charge in [0.15, 0.2) is 6.29 Å².